The molecule has 0 aromatic heterocycles. The molecule has 1 rings (SSSR count). The van der Waals surface area contributed by atoms with E-state index in [2.05, 4.69) is 0 Å². The normalized spacial score (nSPS) is 9.86. The van der Waals surface area contributed by atoms with Crippen LogP contribution in [0.3, 0.4) is 0 Å². The van der Waals surface area contributed by atoms with Crippen LogP contribution in [0.5, 0.6) is 0 Å². The quantitative estimate of drug-likeness (QED) is 0.588. The summed E-state index contributed by atoms with van der Waals surface area (Å²) in [7, 11) is 0. The first-order valence-corrected chi connectivity index (χ1v) is 4.33. The Morgan fingerprint density at radius 1 is 1.21 bits per heavy atom. The Kier molecular flexibility index (Phi) is 3.02. The van der Waals surface area contributed by atoms with Crippen molar-refractivity contribution in [2.24, 2.45) is 0 Å². The van der Waals surface area contributed by atoms with Crippen LogP contribution in [0.25, 0.3) is 0 Å². The van der Waals surface area contributed by atoms with Crippen molar-refractivity contribution < 1.29 is 14.7 Å². The van der Waals surface area contributed by atoms with Crippen molar-refractivity contribution in [1.29, 1.82) is 0 Å². The summed E-state index contributed by atoms with van der Waals surface area (Å²) in [6.45, 7) is 3.84. The number of carboxylic acids is 1. The number of rotatable bonds is 3. The van der Waals surface area contributed by atoms with Crippen molar-refractivity contribution in [1.82, 2.24) is 0 Å². The lowest BCUT2D eigenvalue weighted by Gasteiger charge is -2.02. The molecule has 14 heavy (non-hydrogen) atoms. The van der Waals surface area contributed by atoms with Gasteiger partial charge in [-0.1, -0.05) is 12.1 Å². The predicted molar refractivity (Wildman–Crippen MR) is 52.5 cm³/mol. The van der Waals surface area contributed by atoms with Gasteiger partial charge in [0.2, 0.25) is 0 Å². The van der Waals surface area contributed by atoms with E-state index < -0.39 is 12.4 Å². The van der Waals surface area contributed by atoms with E-state index in [9.17, 15) is 9.59 Å². The number of carbonyl (C=O) groups excluding carboxylic acids is 1. The Morgan fingerprint density at radius 3 is 2.36 bits per heavy atom. The number of hydrogen-bond acceptors (Lipinski definition) is 2. The number of Topliss-reactive ketones (excluding diaryl/α,β-unsaturated/α-hetero) is 1. The maximum Gasteiger partial charge on any atom is 0.311 e. The molecule has 74 valence electrons. The third-order valence-electron chi connectivity index (χ3n) is 2.14. The van der Waals surface area contributed by atoms with E-state index in [1.165, 1.54) is 0 Å². The predicted octanol–water partition coefficient (Wildman–Crippen LogP) is 1.96. The minimum atomic E-state index is -1.09. The molecule has 0 aliphatic heterocycles. The van der Waals surface area contributed by atoms with Gasteiger partial charge in [-0.2, -0.15) is 0 Å². The third kappa shape index (κ3) is 2.42. The summed E-state index contributed by atoms with van der Waals surface area (Å²) >= 11 is 0. The molecule has 3 nitrogen and oxygen atoms in total. The van der Waals surface area contributed by atoms with Gasteiger partial charge in [0, 0.05) is 5.56 Å². The molecule has 0 atom stereocenters. The highest BCUT2D eigenvalue weighted by Crippen LogP contribution is 2.11. The van der Waals surface area contributed by atoms with Crippen molar-refractivity contribution in [3.8, 4) is 0 Å². The van der Waals surface area contributed by atoms with Gasteiger partial charge in [-0.25, -0.2) is 0 Å². The minimum absolute atomic E-state index is 0.347. The third-order valence-corrected chi connectivity index (χ3v) is 2.14. The van der Waals surface area contributed by atoms with E-state index >= 15 is 0 Å². The number of hydrogen-bond donors (Lipinski definition) is 1. The van der Waals surface area contributed by atoms with Crippen LogP contribution in [-0.2, 0) is 4.79 Å². The molecule has 0 spiro atoms. The molecule has 0 radical (unpaired) electrons. The number of aryl methyl sites for hydroxylation is 2. The monoisotopic (exact) mass is 192 g/mol. The largest absolute Gasteiger partial charge is 0.481 e. The molecule has 0 aliphatic rings. The average molecular weight is 192 g/mol. The molecule has 0 saturated carbocycles. The van der Waals surface area contributed by atoms with Crippen LogP contribution in [-0.4, -0.2) is 16.9 Å². The highest BCUT2D eigenvalue weighted by atomic mass is 16.4. The molecule has 0 fully saturated rings. The number of carbonyl (C=O) groups is 2. The average Bonchev–Trinajstić information content (AvgIpc) is 2.08. The fraction of sp³-hybridized carbons (Fsp3) is 0.273. The zero-order valence-electron chi connectivity index (χ0n) is 8.20. The van der Waals surface area contributed by atoms with Crippen molar-refractivity contribution in [2.75, 3.05) is 0 Å². The van der Waals surface area contributed by atoms with E-state index in [-0.39, 0.29) is 5.78 Å². The SMILES string of the molecule is Cc1ccc(C(=O)CC(=O)O)cc1C. The number of ketones is 1. The van der Waals surface area contributed by atoms with Crippen molar-refractivity contribution in [3.63, 3.8) is 0 Å². The van der Waals surface area contributed by atoms with E-state index in [1.54, 1.807) is 12.1 Å². The van der Waals surface area contributed by atoms with Crippen LogP contribution >= 0.6 is 0 Å². The van der Waals surface area contributed by atoms with Crippen molar-refractivity contribution in [3.05, 3.63) is 34.9 Å². The van der Waals surface area contributed by atoms with Crippen LogP contribution in [0.4, 0.5) is 0 Å². The van der Waals surface area contributed by atoms with Crippen molar-refractivity contribution >= 4 is 11.8 Å². The molecule has 0 bridgehead atoms. The Labute approximate surface area is 82.4 Å². The van der Waals surface area contributed by atoms with Crippen LogP contribution in [0, 0.1) is 13.8 Å². The fourth-order valence-electron chi connectivity index (χ4n) is 1.15. The van der Waals surface area contributed by atoms with Gasteiger partial charge in [0.25, 0.3) is 0 Å². The highest BCUT2D eigenvalue weighted by Gasteiger charge is 2.10. The summed E-state index contributed by atoms with van der Waals surface area (Å²) in [6.07, 6.45) is -0.442. The second-order valence-electron chi connectivity index (χ2n) is 3.29. The van der Waals surface area contributed by atoms with Crippen LogP contribution < -0.4 is 0 Å². The van der Waals surface area contributed by atoms with Gasteiger partial charge < -0.3 is 5.11 Å². The molecule has 0 amide bonds. The summed E-state index contributed by atoms with van der Waals surface area (Å²) in [5, 5.41) is 8.45. The summed E-state index contributed by atoms with van der Waals surface area (Å²) in [6, 6.07) is 5.21. The van der Waals surface area contributed by atoms with E-state index in [0.29, 0.717) is 5.56 Å². The zero-order valence-corrected chi connectivity index (χ0v) is 8.20. The molecule has 1 aromatic rings. The van der Waals surface area contributed by atoms with E-state index in [0.717, 1.165) is 11.1 Å². The fourth-order valence-corrected chi connectivity index (χ4v) is 1.15. The van der Waals surface area contributed by atoms with E-state index in [1.807, 2.05) is 19.9 Å². The van der Waals surface area contributed by atoms with Gasteiger partial charge in [-0.15, -0.1) is 0 Å². The Morgan fingerprint density at radius 2 is 1.86 bits per heavy atom. The lowest BCUT2D eigenvalue weighted by Crippen LogP contribution is -2.07. The van der Waals surface area contributed by atoms with Crippen molar-refractivity contribution in [2.45, 2.75) is 20.3 Å². The van der Waals surface area contributed by atoms with Gasteiger partial charge in [-0.05, 0) is 31.0 Å². The van der Waals surface area contributed by atoms with Crippen LogP contribution in [0.2, 0.25) is 0 Å². The first-order chi connectivity index (χ1) is 6.50. The first kappa shape index (κ1) is 10.4. The molecule has 0 unspecified atom stereocenters. The van der Waals surface area contributed by atoms with Gasteiger partial charge in [0.1, 0.15) is 6.42 Å². The molecule has 0 saturated heterocycles. The summed E-state index contributed by atoms with van der Waals surface area (Å²) in [4.78, 5) is 21.7. The second-order valence-corrected chi connectivity index (χ2v) is 3.29. The Bertz CT molecular complexity index is 380. The van der Waals surface area contributed by atoms with Gasteiger partial charge in [0.15, 0.2) is 5.78 Å². The van der Waals surface area contributed by atoms with E-state index in [4.69, 9.17) is 5.11 Å². The summed E-state index contributed by atoms with van der Waals surface area (Å²) < 4.78 is 0. The molecule has 1 N–H and O–H groups in total. The standard InChI is InChI=1S/C11H12O3/c1-7-3-4-9(5-8(7)2)10(12)6-11(13)14/h3-5H,6H2,1-2H3,(H,13,14). The molecule has 3 heteroatoms. The summed E-state index contributed by atoms with van der Waals surface area (Å²) in [5.74, 6) is -1.44. The molecule has 1 aromatic carbocycles. The first-order valence-electron chi connectivity index (χ1n) is 4.33. The smallest absolute Gasteiger partial charge is 0.311 e. The summed E-state index contributed by atoms with van der Waals surface area (Å²) in [5.41, 5.74) is 2.56. The van der Waals surface area contributed by atoms with Crippen LogP contribution in [0.15, 0.2) is 18.2 Å². The number of benzene rings is 1. The topological polar surface area (TPSA) is 54.4 Å². The molecule has 0 heterocycles. The molecular formula is C11H12O3. The number of carboxylic acid groups (broad SMARTS) is 1. The zero-order chi connectivity index (χ0) is 10.7. The van der Waals surface area contributed by atoms with Crippen LogP contribution in [0.1, 0.15) is 27.9 Å². The Hall–Kier alpha value is -1.64. The number of aliphatic carboxylic acids is 1. The highest BCUT2D eigenvalue weighted by molar-refractivity contribution is 6.05. The van der Waals surface area contributed by atoms with Gasteiger partial charge in [0.05, 0.1) is 0 Å². The molecule has 0 aliphatic carbocycles. The molecular weight excluding hydrogens is 180 g/mol. The maximum atomic E-state index is 11.3. The second kappa shape index (κ2) is 4.05. The van der Waals surface area contributed by atoms with Gasteiger partial charge in [-0.3, -0.25) is 9.59 Å². The lowest BCUT2D eigenvalue weighted by atomic mass is 10.0. The Balaban J connectivity index is 2.91. The van der Waals surface area contributed by atoms with Gasteiger partial charge >= 0.3 is 5.97 Å². The minimum Gasteiger partial charge on any atom is -0.481 e. The lowest BCUT2D eigenvalue weighted by molar-refractivity contribution is -0.135. The maximum absolute atomic E-state index is 11.3.